The van der Waals surface area contributed by atoms with E-state index in [1.807, 2.05) is 6.92 Å². The van der Waals surface area contributed by atoms with Gasteiger partial charge in [-0.1, -0.05) is 18.5 Å². The number of carbonyl (C=O) groups is 1. The summed E-state index contributed by atoms with van der Waals surface area (Å²) in [4.78, 5) is 24.6. The molecule has 3 heterocycles. The van der Waals surface area contributed by atoms with Gasteiger partial charge in [0.15, 0.2) is 5.82 Å². The predicted octanol–water partition coefficient (Wildman–Crippen LogP) is 5.76. The number of primary amides is 1. The third-order valence-corrected chi connectivity index (χ3v) is 6.04. The van der Waals surface area contributed by atoms with Crippen molar-refractivity contribution in [1.29, 1.82) is 0 Å². The van der Waals surface area contributed by atoms with Crippen molar-refractivity contribution in [2.24, 2.45) is 5.73 Å². The fraction of sp³-hybridized carbons (Fsp3) is 0.120. The molecule has 5 rings (SSSR count). The Labute approximate surface area is 202 Å². The van der Waals surface area contributed by atoms with E-state index >= 15 is 4.39 Å². The number of hydrogen-bond acceptors (Lipinski definition) is 4. The number of aryl methyl sites for hydroxylation is 1. The van der Waals surface area contributed by atoms with Crippen LogP contribution in [0.5, 0.6) is 0 Å². The lowest BCUT2D eigenvalue weighted by atomic mass is 10.0. The van der Waals surface area contributed by atoms with Crippen LogP contribution < -0.4 is 5.73 Å². The van der Waals surface area contributed by atoms with Crippen molar-refractivity contribution in [3.8, 4) is 16.8 Å². The molecule has 2 aromatic carbocycles. The van der Waals surface area contributed by atoms with Gasteiger partial charge in [0, 0.05) is 24.4 Å². The normalized spacial score (nSPS) is 11.5. The first-order valence-corrected chi connectivity index (χ1v) is 11.1. The first kappa shape index (κ1) is 22.8. The number of hydrogen-bond donors (Lipinski definition) is 1. The Kier molecular flexibility index (Phi) is 5.64. The van der Waals surface area contributed by atoms with Crippen LogP contribution in [0.4, 0.5) is 13.2 Å². The van der Waals surface area contributed by atoms with Gasteiger partial charge < -0.3 is 5.73 Å². The molecule has 0 saturated heterocycles. The van der Waals surface area contributed by atoms with E-state index in [1.165, 1.54) is 30.5 Å². The molecule has 0 aliphatic carbocycles. The highest BCUT2D eigenvalue weighted by Crippen LogP contribution is 2.35. The van der Waals surface area contributed by atoms with E-state index in [4.69, 9.17) is 17.3 Å². The van der Waals surface area contributed by atoms with Gasteiger partial charge in [0.1, 0.15) is 17.2 Å². The summed E-state index contributed by atoms with van der Waals surface area (Å²) in [5.74, 6) is -3.27. The zero-order chi connectivity index (χ0) is 24.9. The zero-order valence-corrected chi connectivity index (χ0v) is 19.1. The number of aromatic nitrogens is 4. The number of rotatable bonds is 5. The summed E-state index contributed by atoms with van der Waals surface area (Å²) in [6, 6.07) is 8.46. The molecule has 3 aromatic heterocycles. The van der Waals surface area contributed by atoms with Crippen molar-refractivity contribution in [2.75, 3.05) is 0 Å². The van der Waals surface area contributed by atoms with Crippen molar-refractivity contribution in [2.45, 2.75) is 19.8 Å². The van der Waals surface area contributed by atoms with Crippen molar-refractivity contribution in [1.82, 2.24) is 19.5 Å². The number of pyridine rings is 2. The summed E-state index contributed by atoms with van der Waals surface area (Å²) in [5, 5.41) is 0.418. The first-order valence-electron chi connectivity index (χ1n) is 10.7. The number of carbonyl (C=O) groups excluding carboxylic acids is 1. The Bertz CT molecular complexity index is 1650. The molecule has 0 radical (unpaired) electrons. The number of fused-ring (bicyclic) bond motifs is 2. The minimum Gasteiger partial charge on any atom is -0.366 e. The summed E-state index contributed by atoms with van der Waals surface area (Å²) in [5.41, 5.74) is 6.99. The number of halogens is 4. The molecule has 0 fully saturated rings. The van der Waals surface area contributed by atoms with Crippen LogP contribution in [-0.2, 0) is 6.42 Å². The zero-order valence-electron chi connectivity index (χ0n) is 18.3. The lowest BCUT2D eigenvalue weighted by molar-refractivity contribution is 0.100. The van der Waals surface area contributed by atoms with Crippen LogP contribution in [0.25, 0.3) is 38.8 Å². The lowest BCUT2D eigenvalue weighted by Crippen LogP contribution is -2.12. The molecule has 0 unspecified atom stereocenters. The number of benzene rings is 2. The van der Waals surface area contributed by atoms with Gasteiger partial charge in [-0.25, -0.2) is 18.7 Å². The maximum Gasteiger partial charge on any atom is 0.250 e. The first-order chi connectivity index (χ1) is 16.8. The molecule has 10 heteroatoms. The minimum atomic E-state index is -1.28. The van der Waals surface area contributed by atoms with Gasteiger partial charge in [-0.05, 0) is 48.4 Å². The molecule has 0 bridgehead atoms. The number of nitrogens with two attached hydrogens (primary N) is 1. The Morgan fingerprint density at radius 3 is 2.57 bits per heavy atom. The molecule has 176 valence electrons. The van der Waals surface area contributed by atoms with Gasteiger partial charge in [-0.3, -0.25) is 14.3 Å². The quantitative estimate of drug-likeness (QED) is 0.314. The molecule has 0 atom stereocenters. The summed E-state index contributed by atoms with van der Waals surface area (Å²) in [6.45, 7) is 1.95. The summed E-state index contributed by atoms with van der Waals surface area (Å²) < 4.78 is 45.3. The number of amides is 1. The van der Waals surface area contributed by atoms with Crippen LogP contribution >= 0.6 is 11.6 Å². The minimum absolute atomic E-state index is 0.0158. The van der Waals surface area contributed by atoms with E-state index < -0.39 is 23.5 Å². The molecule has 0 spiro atoms. The van der Waals surface area contributed by atoms with Crippen molar-refractivity contribution in [3.63, 3.8) is 0 Å². The monoisotopic (exact) mass is 495 g/mol. The van der Waals surface area contributed by atoms with Crippen molar-refractivity contribution in [3.05, 3.63) is 82.8 Å². The maximum atomic E-state index is 15.1. The van der Waals surface area contributed by atoms with E-state index in [-0.39, 0.29) is 38.1 Å². The smallest absolute Gasteiger partial charge is 0.250 e. The van der Waals surface area contributed by atoms with Crippen LogP contribution in [0, 0.1) is 17.6 Å². The van der Waals surface area contributed by atoms with Gasteiger partial charge in [0.05, 0.1) is 32.7 Å². The highest BCUT2D eigenvalue weighted by Gasteiger charge is 2.23. The molecule has 2 N–H and O–H groups in total. The van der Waals surface area contributed by atoms with Crippen LogP contribution in [0.2, 0.25) is 5.02 Å². The van der Waals surface area contributed by atoms with Gasteiger partial charge >= 0.3 is 0 Å². The lowest BCUT2D eigenvalue weighted by Gasteiger charge is -2.14. The Morgan fingerprint density at radius 2 is 1.83 bits per heavy atom. The van der Waals surface area contributed by atoms with Crippen molar-refractivity contribution >= 4 is 39.4 Å². The van der Waals surface area contributed by atoms with Gasteiger partial charge in [-0.2, -0.15) is 4.39 Å². The van der Waals surface area contributed by atoms with Crippen LogP contribution in [0.15, 0.2) is 48.8 Å². The number of nitrogens with zero attached hydrogens (tertiary/aromatic N) is 4. The van der Waals surface area contributed by atoms with Crippen LogP contribution in [0.1, 0.15) is 29.5 Å². The molecular weight excluding hydrogens is 479 g/mol. The molecule has 0 aliphatic heterocycles. The van der Waals surface area contributed by atoms with E-state index in [0.717, 1.165) is 6.20 Å². The van der Waals surface area contributed by atoms with E-state index in [0.29, 0.717) is 29.9 Å². The molecule has 5 aromatic rings. The molecule has 0 aliphatic rings. The van der Waals surface area contributed by atoms with Gasteiger partial charge in [0.2, 0.25) is 5.95 Å². The standard InChI is InChI=1S/C25H17ClF3N5O/c1-2-3-19-33-22-14(25(30)35)10-12(13-6-8-32-24(29)21(13)28)11-18(22)34(19)17-7-9-31-23-15(26)4-5-16(27)20(17)23/h4-11H,2-3H2,1H3,(H2,30,35). The van der Waals surface area contributed by atoms with Crippen LogP contribution in [0.3, 0.4) is 0 Å². The van der Waals surface area contributed by atoms with Gasteiger partial charge in [-0.15, -0.1) is 0 Å². The third kappa shape index (κ3) is 3.68. The molecule has 6 nitrogen and oxygen atoms in total. The van der Waals surface area contributed by atoms with Gasteiger partial charge in [0.25, 0.3) is 5.91 Å². The average molecular weight is 496 g/mol. The van der Waals surface area contributed by atoms with E-state index in [2.05, 4.69) is 15.0 Å². The fourth-order valence-corrected chi connectivity index (χ4v) is 4.44. The topological polar surface area (TPSA) is 86.7 Å². The van der Waals surface area contributed by atoms with Crippen LogP contribution in [-0.4, -0.2) is 25.4 Å². The fourth-order valence-electron chi connectivity index (χ4n) is 4.23. The van der Waals surface area contributed by atoms with E-state index in [1.54, 1.807) is 16.7 Å². The summed E-state index contributed by atoms with van der Waals surface area (Å²) in [7, 11) is 0. The Hall–Kier alpha value is -3.98. The third-order valence-electron chi connectivity index (χ3n) is 5.74. The molecule has 35 heavy (non-hydrogen) atoms. The Balaban J connectivity index is 1.94. The highest BCUT2D eigenvalue weighted by molar-refractivity contribution is 6.35. The van der Waals surface area contributed by atoms with Crippen molar-refractivity contribution < 1.29 is 18.0 Å². The SMILES string of the molecule is CCCc1nc2c(C(N)=O)cc(-c3ccnc(F)c3F)cc2n1-c1ccnc2c(Cl)ccc(F)c12. The summed E-state index contributed by atoms with van der Waals surface area (Å²) in [6.07, 6.45) is 3.78. The highest BCUT2D eigenvalue weighted by atomic mass is 35.5. The van der Waals surface area contributed by atoms with E-state index in [9.17, 15) is 13.6 Å². The number of imidazole rings is 1. The summed E-state index contributed by atoms with van der Waals surface area (Å²) >= 11 is 6.29. The average Bonchev–Trinajstić information content (AvgIpc) is 3.20. The maximum absolute atomic E-state index is 15.1. The second kappa shape index (κ2) is 8.66. The molecule has 0 saturated carbocycles. The Morgan fingerprint density at radius 1 is 1.06 bits per heavy atom. The largest absolute Gasteiger partial charge is 0.366 e. The molecule has 1 amide bonds. The molecular formula is C25H17ClF3N5O. The second-order valence-corrected chi connectivity index (χ2v) is 8.32. The predicted molar refractivity (Wildman–Crippen MR) is 127 cm³/mol. The second-order valence-electron chi connectivity index (χ2n) is 7.92.